The number of amides is 1. The van der Waals surface area contributed by atoms with E-state index in [1.54, 1.807) is 13.3 Å². The van der Waals surface area contributed by atoms with Crippen LogP contribution in [0, 0.1) is 0 Å². The minimum atomic E-state index is 0.0798. The number of benzene rings is 2. The minimum absolute atomic E-state index is 0.0798. The Morgan fingerprint density at radius 2 is 1.76 bits per heavy atom. The molecule has 148 valence electrons. The Morgan fingerprint density at radius 1 is 1.03 bits per heavy atom. The fourth-order valence-corrected chi connectivity index (χ4v) is 3.71. The first-order chi connectivity index (χ1) is 14.1. The molecule has 1 amide bonds. The highest BCUT2D eigenvalue weighted by atomic mass is 16.5. The highest BCUT2D eigenvalue weighted by Gasteiger charge is 2.23. The smallest absolute Gasteiger partial charge is 0.253 e. The van der Waals surface area contributed by atoms with E-state index in [1.807, 2.05) is 47.4 Å². The van der Waals surface area contributed by atoms with E-state index in [0.29, 0.717) is 13.1 Å². The predicted octanol–water partition coefficient (Wildman–Crippen LogP) is 3.76. The van der Waals surface area contributed by atoms with Crippen molar-refractivity contribution in [1.29, 1.82) is 0 Å². The summed E-state index contributed by atoms with van der Waals surface area (Å²) in [5, 5.41) is 0.991. The maximum atomic E-state index is 12.9. The first kappa shape index (κ1) is 19.0. The molecule has 2 aromatic carbocycles. The van der Waals surface area contributed by atoms with Crippen molar-refractivity contribution in [2.24, 2.45) is 0 Å². The summed E-state index contributed by atoms with van der Waals surface area (Å²) in [6.45, 7) is 7.27. The zero-order chi connectivity index (χ0) is 20.2. The van der Waals surface area contributed by atoms with Crippen LogP contribution in [0.2, 0.25) is 0 Å². The predicted molar refractivity (Wildman–Crippen MR) is 115 cm³/mol. The van der Waals surface area contributed by atoms with Gasteiger partial charge in [-0.25, -0.2) is 0 Å². The van der Waals surface area contributed by atoms with Crippen molar-refractivity contribution in [3.63, 3.8) is 0 Å². The van der Waals surface area contributed by atoms with Gasteiger partial charge in [0.1, 0.15) is 5.75 Å². The number of rotatable bonds is 5. The molecule has 0 saturated carbocycles. The molecule has 29 heavy (non-hydrogen) atoms. The van der Waals surface area contributed by atoms with Crippen molar-refractivity contribution in [2.45, 2.75) is 6.42 Å². The standard InChI is InChI=1S/C24H25N3O2/c1-18(16-19-5-8-22(29-2)9-6-19)26-12-14-27(15-13-26)24(28)21-7-10-23-20(17-21)4-3-11-25-23/h3-11,17H,1,12-16H2,2H3. The molecule has 1 saturated heterocycles. The van der Waals surface area contributed by atoms with Crippen molar-refractivity contribution < 1.29 is 9.53 Å². The fraction of sp³-hybridized carbons (Fsp3) is 0.250. The van der Waals surface area contributed by atoms with Gasteiger partial charge in [-0.05, 0) is 42.0 Å². The number of aromatic nitrogens is 1. The lowest BCUT2D eigenvalue weighted by Gasteiger charge is -2.37. The van der Waals surface area contributed by atoms with Gasteiger partial charge in [-0.2, -0.15) is 0 Å². The Morgan fingerprint density at radius 3 is 2.48 bits per heavy atom. The van der Waals surface area contributed by atoms with Crippen LogP contribution in [-0.4, -0.2) is 54.0 Å². The molecule has 1 aromatic heterocycles. The summed E-state index contributed by atoms with van der Waals surface area (Å²) in [4.78, 5) is 21.4. The zero-order valence-electron chi connectivity index (χ0n) is 16.7. The average molecular weight is 387 g/mol. The van der Waals surface area contributed by atoms with E-state index < -0.39 is 0 Å². The third-order valence-electron chi connectivity index (χ3n) is 5.43. The fourth-order valence-electron chi connectivity index (χ4n) is 3.71. The number of nitrogens with zero attached hydrogens (tertiary/aromatic N) is 3. The van der Waals surface area contributed by atoms with Crippen LogP contribution < -0.4 is 4.74 Å². The molecule has 1 aliphatic rings. The number of fused-ring (bicyclic) bond motifs is 1. The maximum Gasteiger partial charge on any atom is 0.253 e. The molecule has 0 radical (unpaired) electrons. The number of carbonyl (C=O) groups is 1. The quantitative estimate of drug-likeness (QED) is 0.669. The van der Waals surface area contributed by atoms with Crippen LogP contribution in [0.25, 0.3) is 10.9 Å². The molecule has 0 unspecified atom stereocenters. The van der Waals surface area contributed by atoms with Gasteiger partial charge >= 0.3 is 0 Å². The number of carbonyl (C=O) groups excluding carboxylic acids is 1. The van der Waals surface area contributed by atoms with Gasteiger partial charge in [-0.15, -0.1) is 0 Å². The molecule has 3 aromatic rings. The minimum Gasteiger partial charge on any atom is -0.497 e. The second-order valence-corrected chi connectivity index (χ2v) is 7.28. The summed E-state index contributed by atoms with van der Waals surface area (Å²) in [7, 11) is 1.67. The van der Waals surface area contributed by atoms with Crippen LogP contribution in [0.4, 0.5) is 0 Å². The number of methoxy groups -OCH3 is 1. The zero-order valence-corrected chi connectivity index (χ0v) is 16.7. The van der Waals surface area contributed by atoms with Crippen molar-refractivity contribution >= 4 is 16.8 Å². The SMILES string of the molecule is C=C(Cc1ccc(OC)cc1)N1CCN(C(=O)c2ccc3ncccc3c2)CC1. The summed E-state index contributed by atoms with van der Waals surface area (Å²) >= 11 is 0. The number of pyridine rings is 1. The third-order valence-corrected chi connectivity index (χ3v) is 5.43. The van der Waals surface area contributed by atoms with Crippen LogP contribution in [0.3, 0.4) is 0 Å². The van der Waals surface area contributed by atoms with Gasteiger partial charge in [0.05, 0.1) is 12.6 Å². The lowest BCUT2D eigenvalue weighted by Crippen LogP contribution is -2.48. The third kappa shape index (κ3) is 4.24. The van der Waals surface area contributed by atoms with Crippen molar-refractivity contribution in [2.75, 3.05) is 33.3 Å². The Hall–Kier alpha value is -3.34. The first-order valence-corrected chi connectivity index (χ1v) is 9.84. The average Bonchev–Trinajstić information content (AvgIpc) is 2.79. The molecular weight excluding hydrogens is 362 g/mol. The highest BCUT2D eigenvalue weighted by molar-refractivity contribution is 5.98. The Balaban J connectivity index is 1.35. The molecule has 1 aliphatic heterocycles. The highest BCUT2D eigenvalue weighted by Crippen LogP contribution is 2.19. The summed E-state index contributed by atoms with van der Waals surface area (Å²) in [5.41, 5.74) is 3.91. The van der Waals surface area contributed by atoms with Gasteiger partial charge in [-0.3, -0.25) is 9.78 Å². The number of allylic oxidation sites excluding steroid dienone is 1. The monoisotopic (exact) mass is 387 g/mol. The lowest BCUT2D eigenvalue weighted by molar-refractivity contribution is 0.0668. The van der Waals surface area contributed by atoms with E-state index in [9.17, 15) is 4.79 Å². The summed E-state index contributed by atoms with van der Waals surface area (Å²) in [6, 6.07) is 17.7. The normalized spacial score (nSPS) is 14.1. The van der Waals surface area contributed by atoms with Gasteiger partial charge < -0.3 is 14.5 Å². The molecule has 0 aliphatic carbocycles. The van der Waals surface area contributed by atoms with E-state index >= 15 is 0 Å². The number of piperazine rings is 1. The largest absolute Gasteiger partial charge is 0.497 e. The van der Waals surface area contributed by atoms with Crippen LogP contribution in [0.5, 0.6) is 5.75 Å². The Kier molecular flexibility index (Phi) is 5.47. The Bertz CT molecular complexity index is 1020. The number of hydrogen-bond donors (Lipinski definition) is 0. The molecule has 5 nitrogen and oxygen atoms in total. The van der Waals surface area contributed by atoms with E-state index in [4.69, 9.17) is 4.74 Å². The lowest BCUT2D eigenvalue weighted by atomic mass is 10.1. The molecule has 0 spiro atoms. The molecule has 0 atom stereocenters. The molecule has 0 N–H and O–H groups in total. The van der Waals surface area contributed by atoms with Crippen LogP contribution in [0.1, 0.15) is 15.9 Å². The first-order valence-electron chi connectivity index (χ1n) is 9.84. The maximum absolute atomic E-state index is 12.9. The Labute approximate surface area is 171 Å². The van der Waals surface area contributed by atoms with E-state index in [0.717, 1.165) is 47.4 Å². The van der Waals surface area contributed by atoms with Crippen molar-refractivity contribution in [1.82, 2.24) is 14.8 Å². The molecule has 1 fully saturated rings. The van der Waals surface area contributed by atoms with E-state index in [2.05, 4.69) is 28.6 Å². The molecule has 0 bridgehead atoms. The molecule has 5 heteroatoms. The van der Waals surface area contributed by atoms with Crippen LogP contribution >= 0.6 is 0 Å². The topological polar surface area (TPSA) is 45.7 Å². The van der Waals surface area contributed by atoms with Gasteiger partial charge in [0, 0.05) is 55.4 Å². The van der Waals surface area contributed by atoms with Crippen LogP contribution in [0.15, 0.2) is 73.1 Å². The summed E-state index contributed by atoms with van der Waals surface area (Å²) < 4.78 is 5.21. The molecule has 2 heterocycles. The summed E-state index contributed by atoms with van der Waals surface area (Å²) in [6.07, 6.45) is 2.57. The van der Waals surface area contributed by atoms with Crippen LogP contribution in [-0.2, 0) is 6.42 Å². The molecular formula is C24H25N3O2. The van der Waals surface area contributed by atoms with Gasteiger partial charge in [0.25, 0.3) is 5.91 Å². The van der Waals surface area contributed by atoms with E-state index in [-0.39, 0.29) is 5.91 Å². The van der Waals surface area contributed by atoms with Crippen molar-refractivity contribution in [3.8, 4) is 5.75 Å². The second-order valence-electron chi connectivity index (χ2n) is 7.28. The summed E-state index contributed by atoms with van der Waals surface area (Å²) in [5.74, 6) is 0.937. The van der Waals surface area contributed by atoms with Gasteiger partial charge in [-0.1, -0.05) is 24.8 Å². The van der Waals surface area contributed by atoms with Crippen molar-refractivity contribution in [3.05, 3.63) is 84.2 Å². The number of hydrogen-bond acceptors (Lipinski definition) is 4. The molecule has 4 rings (SSSR count). The second kappa shape index (κ2) is 8.35. The number of ether oxygens (including phenoxy) is 1. The van der Waals surface area contributed by atoms with E-state index in [1.165, 1.54) is 5.56 Å². The van der Waals surface area contributed by atoms with Gasteiger partial charge in [0.2, 0.25) is 0 Å². The van der Waals surface area contributed by atoms with Gasteiger partial charge in [0.15, 0.2) is 0 Å².